The summed E-state index contributed by atoms with van der Waals surface area (Å²) in [5.41, 5.74) is 1.61. The molecule has 0 spiro atoms. The molecule has 1 aliphatic rings. The molecule has 2 aromatic rings. The quantitative estimate of drug-likeness (QED) is 0.625. The second kappa shape index (κ2) is 5.07. The molecule has 1 aromatic heterocycles. The maximum Gasteiger partial charge on any atom is 0.339 e. The molecule has 0 saturated carbocycles. The van der Waals surface area contributed by atoms with Crippen LogP contribution in [0.3, 0.4) is 0 Å². The number of rotatable bonds is 2. The number of methoxy groups -OCH3 is 1. The fourth-order valence-electron chi connectivity index (χ4n) is 2.38. The zero-order valence-electron chi connectivity index (χ0n) is 12.0. The van der Waals surface area contributed by atoms with E-state index in [9.17, 15) is 14.4 Å². The maximum absolute atomic E-state index is 12.4. The number of anilines is 1. The van der Waals surface area contributed by atoms with Crippen LogP contribution in [-0.2, 0) is 4.74 Å². The number of imide groups is 1. The number of carbonyl (C=O) groups is 3. The minimum Gasteiger partial charge on any atom is -0.465 e. The summed E-state index contributed by atoms with van der Waals surface area (Å²) in [4.78, 5) is 41.6. The number of carbonyl (C=O) groups excluding carboxylic acids is 3. The van der Waals surface area contributed by atoms with Gasteiger partial charge in [-0.05, 0) is 25.1 Å². The van der Waals surface area contributed by atoms with Gasteiger partial charge in [-0.3, -0.25) is 14.6 Å². The van der Waals surface area contributed by atoms with Crippen molar-refractivity contribution in [1.82, 2.24) is 4.98 Å². The van der Waals surface area contributed by atoms with Crippen molar-refractivity contribution in [2.45, 2.75) is 6.92 Å². The minimum absolute atomic E-state index is 0.219. The van der Waals surface area contributed by atoms with Crippen LogP contribution >= 0.6 is 0 Å². The van der Waals surface area contributed by atoms with Crippen molar-refractivity contribution >= 4 is 23.5 Å². The van der Waals surface area contributed by atoms with Crippen LogP contribution in [0.4, 0.5) is 5.69 Å². The molecule has 1 aliphatic heterocycles. The van der Waals surface area contributed by atoms with Crippen molar-refractivity contribution in [3.05, 3.63) is 58.9 Å². The smallest absolute Gasteiger partial charge is 0.339 e. The Morgan fingerprint density at radius 3 is 2.27 bits per heavy atom. The van der Waals surface area contributed by atoms with E-state index in [2.05, 4.69) is 9.72 Å². The van der Waals surface area contributed by atoms with Crippen LogP contribution in [-0.4, -0.2) is 29.9 Å². The Balaban J connectivity index is 2.08. The van der Waals surface area contributed by atoms with Crippen molar-refractivity contribution in [3.63, 3.8) is 0 Å². The van der Waals surface area contributed by atoms with Crippen molar-refractivity contribution in [3.8, 4) is 0 Å². The van der Waals surface area contributed by atoms with Crippen molar-refractivity contribution in [1.29, 1.82) is 0 Å². The number of nitrogens with zero attached hydrogens (tertiary/aromatic N) is 2. The highest BCUT2D eigenvalue weighted by Crippen LogP contribution is 2.28. The van der Waals surface area contributed by atoms with Gasteiger partial charge in [0.15, 0.2) is 0 Å². The summed E-state index contributed by atoms with van der Waals surface area (Å²) in [6.07, 6.45) is 1.39. The summed E-state index contributed by atoms with van der Waals surface area (Å²) in [7, 11) is 1.26. The van der Waals surface area contributed by atoms with Crippen molar-refractivity contribution < 1.29 is 19.1 Å². The molecule has 0 atom stereocenters. The minimum atomic E-state index is -0.566. The number of esters is 1. The Labute approximate surface area is 126 Å². The van der Waals surface area contributed by atoms with E-state index in [0.717, 1.165) is 4.90 Å². The first-order valence-corrected chi connectivity index (χ1v) is 6.57. The van der Waals surface area contributed by atoms with Gasteiger partial charge in [-0.2, -0.15) is 0 Å². The lowest BCUT2D eigenvalue weighted by Gasteiger charge is -2.15. The van der Waals surface area contributed by atoms with Crippen LogP contribution < -0.4 is 4.90 Å². The van der Waals surface area contributed by atoms with E-state index < -0.39 is 17.8 Å². The van der Waals surface area contributed by atoms with Crippen LogP contribution in [0.25, 0.3) is 0 Å². The van der Waals surface area contributed by atoms with E-state index in [4.69, 9.17) is 0 Å². The lowest BCUT2D eigenvalue weighted by molar-refractivity contribution is 0.0598. The largest absolute Gasteiger partial charge is 0.465 e. The fraction of sp³-hybridized carbons (Fsp3) is 0.125. The summed E-state index contributed by atoms with van der Waals surface area (Å²) in [5, 5.41) is 0. The molecule has 0 radical (unpaired) electrons. The highest BCUT2D eigenvalue weighted by atomic mass is 16.5. The number of pyridine rings is 1. The Hall–Kier alpha value is -3.02. The lowest BCUT2D eigenvalue weighted by Crippen LogP contribution is -2.29. The first-order valence-electron chi connectivity index (χ1n) is 6.57. The highest BCUT2D eigenvalue weighted by Gasteiger charge is 2.36. The number of hydrogen-bond acceptors (Lipinski definition) is 5. The number of aromatic nitrogens is 1. The van der Waals surface area contributed by atoms with Gasteiger partial charge >= 0.3 is 5.97 Å². The molecule has 2 amide bonds. The summed E-state index contributed by atoms with van der Waals surface area (Å²) in [6.45, 7) is 1.65. The van der Waals surface area contributed by atoms with Crippen molar-refractivity contribution in [2.75, 3.05) is 12.0 Å². The molecule has 1 aromatic carbocycles. The number of amides is 2. The third-order valence-corrected chi connectivity index (χ3v) is 3.53. The predicted molar refractivity (Wildman–Crippen MR) is 77.9 cm³/mol. The Bertz CT molecular complexity index is 779. The number of fused-ring (bicyclic) bond motifs is 1. The van der Waals surface area contributed by atoms with Crippen LogP contribution in [0, 0.1) is 6.92 Å². The number of hydrogen-bond donors (Lipinski definition) is 0. The molecular formula is C16H12N2O4. The van der Waals surface area contributed by atoms with Crippen LogP contribution in [0.5, 0.6) is 0 Å². The first-order chi connectivity index (χ1) is 10.5. The van der Waals surface area contributed by atoms with Gasteiger partial charge in [-0.1, -0.05) is 12.1 Å². The molecule has 0 bridgehead atoms. The van der Waals surface area contributed by atoms with Crippen LogP contribution in [0.2, 0.25) is 0 Å². The molecule has 0 fully saturated rings. The first kappa shape index (κ1) is 13.9. The Kier molecular flexibility index (Phi) is 3.21. The van der Waals surface area contributed by atoms with Crippen molar-refractivity contribution in [2.24, 2.45) is 0 Å². The van der Waals surface area contributed by atoms with E-state index in [-0.39, 0.29) is 11.3 Å². The van der Waals surface area contributed by atoms with Gasteiger partial charge in [-0.15, -0.1) is 0 Å². The number of benzene rings is 1. The van der Waals surface area contributed by atoms with E-state index >= 15 is 0 Å². The summed E-state index contributed by atoms with van der Waals surface area (Å²) >= 11 is 0. The van der Waals surface area contributed by atoms with E-state index in [0.29, 0.717) is 16.8 Å². The second-order valence-electron chi connectivity index (χ2n) is 4.81. The average molecular weight is 296 g/mol. The Morgan fingerprint density at radius 2 is 1.73 bits per heavy atom. The molecule has 2 heterocycles. The van der Waals surface area contributed by atoms with Crippen LogP contribution in [0.15, 0.2) is 36.5 Å². The van der Waals surface area contributed by atoms with E-state index in [1.807, 2.05) is 0 Å². The summed E-state index contributed by atoms with van der Waals surface area (Å²) in [5.74, 6) is -1.42. The zero-order valence-corrected chi connectivity index (χ0v) is 12.0. The summed E-state index contributed by atoms with van der Waals surface area (Å²) in [6, 6.07) is 8.02. The molecule has 3 rings (SSSR count). The lowest BCUT2D eigenvalue weighted by atomic mass is 10.1. The monoisotopic (exact) mass is 296 g/mol. The van der Waals surface area contributed by atoms with Crippen LogP contribution in [0.1, 0.15) is 36.8 Å². The third-order valence-electron chi connectivity index (χ3n) is 3.53. The second-order valence-corrected chi connectivity index (χ2v) is 4.81. The molecule has 0 unspecified atom stereocenters. The van der Waals surface area contributed by atoms with Gasteiger partial charge in [0.25, 0.3) is 11.8 Å². The van der Waals surface area contributed by atoms with Gasteiger partial charge in [0, 0.05) is 0 Å². The molecule has 0 saturated heterocycles. The summed E-state index contributed by atoms with van der Waals surface area (Å²) < 4.78 is 4.68. The normalized spacial score (nSPS) is 13.3. The maximum atomic E-state index is 12.4. The molecule has 0 N–H and O–H groups in total. The third kappa shape index (κ3) is 1.96. The molecule has 22 heavy (non-hydrogen) atoms. The van der Waals surface area contributed by atoms with E-state index in [1.165, 1.54) is 19.4 Å². The van der Waals surface area contributed by atoms with Gasteiger partial charge in [0.2, 0.25) is 0 Å². The van der Waals surface area contributed by atoms with E-state index in [1.54, 1.807) is 31.2 Å². The zero-order chi connectivity index (χ0) is 15.9. The number of aryl methyl sites for hydroxylation is 1. The molecule has 0 aliphatic carbocycles. The van der Waals surface area contributed by atoms with Gasteiger partial charge in [-0.25, -0.2) is 9.69 Å². The van der Waals surface area contributed by atoms with Gasteiger partial charge in [0.05, 0.1) is 41.4 Å². The van der Waals surface area contributed by atoms with Gasteiger partial charge < -0.3 is 4.74 Å². The fourth-order valence-corrected chi connectivity index (χ4v) is 2.38. The highest BCUT2D eigenvalue weighted by molar-refractivity contribution is 6.34. The van der Waals surface area contributed by atoms with Gasteiger partial charge in [0.1, 0.15) is 0 Å². The Morgan fingerprint density at radius 1 is 1.14 bits per heavy atom. The number of ether oxygens (including phenoxy) is 1. The molecule has 6 heteroatoms. The SMILES string of the molecule is COC(=O)c1cc(N2C(=O)c3ccccc3C2=O)cnc1C. The molecule has 110 valence electrons. The molecular weight excluding hydrogens is 284 g/mol. The predicted octanol–water partition coefficient (Wildman–Crippen LogP) is 1.98. The standard InChI is InChI=1S/C16H12N2O4/c1-9-13(16(21)22-2)7-10(8-17-9)18-14(19)11-5-3-4-6-12(11)15(18)20/h3-8H,1-2H3. The molecule has 6 nitrogen and oxygen atoms in total. The average Bonchev–Trinajstić information content (AvgIpc) is 2.79. The topological polar surface area (TPSA) is 76.6 Å².